The van der Waals surface area contributed by atoms with Gasteiger partial charge in [0.25, 0.3) is 0 Å². The molecule has 2 rings (SSSR count). The smallest absolute Gasteiger partial charge is 0.416 e. The van der Waals surface area contributed by atoms with Crippen LogP contribution in [0.4, 0.5) is 13.2 Å². The van der Waals surface area contributed by atoms with E-state index in [2.05, 4.69) is 21.0 Å². The number of hydrogen-bond donors (Lipinski definition) is 0. The summed E-state index contributed by atoms with van der Waals surface area (Å²) in [7, 11) is 1.70. The fraction of sp³-hybridized carbons (Fsp3) is 0.250. The number of ether oxygens (including phenoxy) is 1. The van der Waals surface area contributed by atoms with Gasteiger partial charge >= 0.3 is 6.18 Å². The normalized spacial score (nSPS) is 11.6. The summed E-state index contributed by atoms with van der Waals surface area (Å²) in [5.41, 5.74) is -0.531. The first-order valence-electron chi connectivity index (χ1n) is 5.33. The second-order valence-corrected chi connectivity index (χ2v) is 4.46. The molecule has 0 bridgehead atoms. The van der Waals surface area contributed by atoms with E-state index in [0.29, 0.717) is 5.75 Å². The minimum absolute atomic E-state index is 0.130. The zero-order chi connectivity index (χ0) is 14.0. The minimum Gasteiger partial charge on any atom is -0.454 e. The summed E-state index contributed by atoms with van der Waals surface area (Å²) in [4.78, 5) is 0. The molecule has 0 aliphatic heterocycles. The summed E-state index contributed by atoms with van der Waals surface area (Å²) in [5, 5.41) is 4.01. The molecule has 0 unspecified atom stereocenters. The highest BCUT2D eigenvalue weighted by molar-refractivity contribution is 9.08. The number of nitrogens with zero attached hydrogens (tertiary/aromatic N) is 2. The molecule has 1 aromatic heterocycles. The second-order valence-electron chi connectivity index (χ2n) is 3.90. The Hall–Kier alpha value is -1.50. The molecule has 0 saturated heterocycles. The first-order valence-corrected chi connectivity index (χ1v) is 6.45. The monoisotopic (exact) mass is 334 g/mol. The molecule has 0 aliphatic rings. The molecule has 2 aromatic rings. The van der Waals surface area contributed by atoms with Gasteiger partial charge in [0.15, 0.2) is 5.75 Å². The Balaban J connectivity index is 2.32. The molecule has 0 atom stereocenters. The molecule has 0 spiro atoms. The molecule has 1 aromatic carbocycles. The molecule has 102 valence electrons. The maximum absolute atomic E-state index is 12.9. The Morgan fingerprint density at radius 1 is 1.32 bits per heavy atom. The van der Waals surface area contributed by atoms with Gasteiger partial charge in [-0.2, -0.15) is 18.3 Å². The van der Waals surface area contributed by atoms with E-state index in [1.807, 2.05) is 0 Å². The average molecular weight is 335 g/mol. The van der Waals surface area contributed by atoms with Crippen molar-refractivity contribution in [2.75, 3.05) is 0 Å². The van der Waals surface area contributed by atoms with Crippen LogP contribution in [-0.4, -0.2) is 9.78 Å². The van der Waals surface area contributed by atoms with E-state index in [1.165, 1.54) is 23.0 Å². The molecule has 0 amide bonds. The largest absolute Gasteiger partial charge is 0.454 e. The van der Waals surface area contributed by atoms with Crippen LogP contribution in [0.1, 0.15) is 11.1 Å². The fourth-order valence-corrected chi connectivity index (χ4v) is 2.08. The first-order chi connectivity index (χ1) is 8.90. The van der Waals surface area contributed by atoms with Gasteiger partial charge in [0, 0.05) is 12.4 Å². The molecule has 1 heterocycles. The van der Waals surface area contributed by atoms with Gasteiger partial charge in [-0.25, -0.2) is 0 Å². The highest BCUT2D eigenvalue weighted by Crippen LogP contribution is 2.36. The Kier molecular flexibility index (Phi) is 3.84. The van der Waals surface area contributed by atoms with E-state index in [-0.39, 0.29) is 16.6 Å². The van der Waals surface area contributed by atoms with Crippen LogP contribution in [0, 0.1) is 0 Å². The van der Waals surface area contributed by atoms with E-state index in [1.54, 1.807) is 13.2 Å². The van der Waals surface area contributed by atoms with Crippen LogP contribution in [0.15, 0.2) is 30.6 Å². The summed E-state index contributed by atoms with van der Waals surface area (Å²) in [6, 6.07) is 3.88. The lowest BCUT2D eigenvalue weighted by Gasteiger charge is -2.13. The topological polar surface area (TPSA) is 27.1 Å². The van der Waals surface area contributed by atoms with Crippen LogP contribution < -0.4 is 4.74 Å². The third kappa shape index (κ3) is 3.28. The number of hydrogen-bond acceptors (Lipinski definition) is 2. The first kappa shape index (κ1) is 13.9. The minimum atomic E-state index is -4.41. The van der Waals surface area contributed by atoms with Crippen molar-refractivity contribution in [1.29, 1.82) is 0 Å². The van der Waals surface area contributed by atoms with E-state index in [9.17, 15) is 13.2 Å². The van der Waals surface area contributed by atoms with Gasteiger partial charge in [-0.05, 0) is 17.7 Å². The number of aromatic nitrogens is 2. The molecule has 7 heteroatoms. The zero-order valence-corrected chi connectivity index (χ0v) is 11.5. The van der Waals surface area contributed by atoms with Crippen molar-refractivity contribution in [1.82, 2.24) is 9.78 Å². The summed E-state index contributed by atoms with van der Waals surface area (Å²) >= 11 is 3.04. The number of aryl methyl sites for hydroxylation is 1. The van der Waals surface area contributed by atoms with Crippen molar-refractivity contribution in [3.8, 4) is 11.5 Å². The van der Waals surface area contributed by atoms with Gasteiger partial charge < -0.3 is 4.74 Å². The van der Waals surface area contributed by atoms with E-state index in [0.717, 1.165) is 6.07 Å². The Labute approximate surface area is 116 Å². The van der Waals surface area contributed by atoms with E-state index >= 15 is 0 Å². The van der Waals surface area contributed by atoms with Gasteiger partial charge in [0.05, 0.1) is 18.0 Å². The van der Waals surface area contributed by atoms with Crippen molar-refractivity contribution < 1.29 is 17.9 Å². The van der Waals surface area contributed by atoms with Crippen molar-refractivity contribution in [3.05, 3.63) is 41.7 Å². The molecule has 0 fully saturated rings. The van der Waals surface area contributed by atoms with Crippen LogP contribution in [0.25, 0.3) is 0 Å². The molecule has 19 heavy (non-hydrogen) atoms. The fourth-order valence-electron chi connectivity index (χ4n) is 1.59. The van der Waals surface area contributed by atoms with Crippen molar-refractivity contribution in [2.24, 2.45) is 7.05 Å². The summed E-state index contributed by atoms with van der Waals surface area (Å²) in [6.07, 6.45) is -1.39. The maximum atomic E-state index is 12.9. The van der Waals surface area contributed by atoms with Crippen molar-refractivity contribution in [2.45, 2.75) is 11.5 Å². The molecule has 0 saturated carbocycles. The second kappa shape index (κ2) is 5.24. The van der Waals surface area contributed by atoms with Crippen LogP contribution in [0.2, 0.25) is 0 Å². The number of benzene rings is 1. The SMILES string of the molecule is Cn1cc(Oc2ccc(CBr)c(C(F)(F)F)c2)cn1. The Morgan fingerprint density at radius 2 is 2.05 bits per heavy atom. The lowest BCUT2D eigenvalue weighted by atomic mass is 10.1. The number of alkyl halides is 4. The predicted octanol–water partition coefficient (Wildman–Crippen LogP) is 4.13. The quantitative estimate of drug-likeness (QED) is 0.789. The molecule has 0 aliphatic carbocycles. The highest BCUT2D eigenvalue weighted by atomic mass is 79.9. The van der Waals surface area contributed by atoms with Gasteiger partial charge in [0.2, 0.25) is 0 Å². The van der Waals surface area contributed by atoms with Crippen LogP contribution >= 0.6 is 15.9 Å². The number of rotatable bonds is 3. The third-order valence-electron chi connectivity index (χ3n) is 2.45. The van der Waals surface area contributed by atoms with Crippen LogP contribution in [0.5, 0.6) is 11.5 Å². The standard InChI is InChI=1S/C12H10BrF3N2O/c1-18-7-10(6-17-18)19-9-3-2-8(5-13)11(4-9)12(14,15)16/h2-4,6-7H,5H2,1H3. The molecule has 0 radical (unpaired) electrons. The van der Waals surface area contributed by atoms with Crippen LogP contribution in [-0.2, 0) is 18.6 Å². The third-order valence-corrected chi connectivity index (χ3v) is 3.05. The molecular formula is C12H10BrF3N2O. The lowest BCUT2D eigenvalue weighted by Crippen LogP contribution is -2.08. The average Bonchev–Trinajstić information content (AvgIpc) is 2.73. The highest BCUT2D eigenvalue weighted by Gasteiger charge is 2.33. The lowest BCUT2D eigenvalue weighted by molar-refractivity contribution is -0.138. The Morgan fingerprint density at radius 3 is 2.58 bits per heavy atom. The van der Waals surface area contributed by atoms with Gasteiger partial charge in [0.1, 0.15) is 5.75 Å². The Bertz CT molecular complexity index is 581. The van der Waals surface area contributed by atoms with Gasteiger partial charge in [-0.3, -0.25) is 4.68 Å². The summed E-state index contributed by atoms with van der Waals surface area (Å²) in [5.74, 6) is 0.521. The zero-order valence-electron chi connectivity index (χ0n) is 9.91. The molecule has 3 nitrogen and oxygen atoms in total. The molecular weight excluding hydrogens is 325 g/mol. The number of halogens is 4. The van der Waals surface area contributed by atoms with Crippen molar-refractivity contribution >= 4 is 15.9 Å². The van der Waals surface area contributed by atoms with Gasteiger partial charge in [-0.15, -0.1) is 0 Å². The van der Waals surface area contributed by atoms with Crippen molar-refractivity contribution in [3.63, 3.8) is 0 Å². The predicted molar refractivity (Wildman–Crippen MR) is 67.4 cm³/mol. The van der Waals surface area contributed by atoms with Gasteiger partial charge in [-0.1, -0.05) is 22.0 Å². The molecule has 0 N–H and O–H groups in total. The van der Waals surface area contributed by atoms with Crippen LogP contribution in [0.3, 0.4) is 0 Å². The van der Waals surface area contributed by atoms with E-state index in [4.69, 9.17) is 4.74 Å². The van der Waals surface area contributed by atoms with E-state index < -0.39 is 11.7 Å². The maximum Gasteiger partial charge on any atom is 0.416 e. The summed E-state index contributed by atoms with van der Waals surface area (Å²) < 4.78 is 45.4. The summed E-state index contributed by atoms with van der Waals surface area (Å²) in [6.45, 7) is 0.